The van der Waals surface area contributed by atoms with Crippen molar-refractivity contribution in [3.05, 3.63) is 29.3 Å². The molecule has 0 aliphatic carbocycles. The van der Waals surface area contributed by atoms with Crippen molar-refractivity contribution in [1.29, 1.82) is 0 Å². The summed E-state index contributed by atoms with van der Waals surface area (Å²) >= 11 is 3.27. The first-order chi connectivity index (χ1) is 8.47. The van der Waals surface area contributed by atoms with Gasteiger partial charge in [-0.2, -0.15) is 0 Å². The van der Waals surface area contributed by atoms with Crippen LogP contribution < -0.4 is 4.74 Å². The van der Waals surface area contributed by atoms with Crippen molar-refractivity contribution in [1.82, 2.24) is 0 Å². The molecule has 3 nitrogen and oxygen atoms in total. The van der Waals surface area contributed by atoms with E-state index in [-0.39, 0.29) is 17.5 Å². The molecule has 98 valence electrons. The van der Waals surface area contributed by atoms with Crippen LogP contribution in [0.2, 0.25) is 0 Å². The van der Waals surface area contributed by atoms with Gasteiger partial charge in [-0.3, -0.25) is 9.59 Å². The fourth-order valence-corrected chi connectivity index (χ4v) is 1.75. The van der Waals surface area contributed by atoms with Crippen molar-refractivity contribution in [2.75, 3.05) is 11.9 Å². The Kier molecular flexibility index (Phi) is 5.54. The van der Waals surface area contributed by atoms with E-state index in [2.05, 4.69) is 15.9 Å². The van der Waals surface area contributed by atoms with Gasteiger partial charge in [0.25, 0.3) is 0 Å². The molecule has 0 aliphatic heterocycles. The first-order valence-electron chi connectivity index (χ1n) is 5.85. The van der Waals surface area contributed by atoms with Crippen molar-refractivity contribution in [3.8, 4) is 5.75 Å². The number of ether oxygens (including phenoxy) is 1. The van der Waals surface area contributed by atoms with E-state index in [4.69, 9.17) is 4.74 Å². The third kappa shape index (κ3) is 3.67. The van der Waals surface area contributed by atoms with Gasteiger partial charge < -0.3 is 4.74 Å². The van der Waals surface area contributed by atoms with E-state index in [1.165, 1.54) is 6.92 Å². The summed E-state index contributed by atoms with van der Waals surface area (Å²) in [4.78, 5) is 23.6. The lowest BCUT2D eigenvalue weighted by molar-refractivity contribution is 0.0926. The Morgan fingerprint density at radius 1 is 1.28 bits per heavy atom. The fourth-order valence-electron chi connectivity index (χ4n) is 1.59. The number of hydrogen-bond acceptors (Lipinski definition) is 3. The van der Waals surface area contributed by atoms with Crippen LogP contribution in [0, 0.1) is 5.92 Å². The molecule has 0 aromatic heterocycles. The number of alkyl halides is 1. The zero-order valence-electron chi connectivity index (χ0n) is 10.8. The monoisotopic (exact) mass is 312 g/mol. The van der Waals surface area contributed by atoms with E-state index in [0.717, 1.165) is 5.33 Å². The molecule has 18 heavy (non-hydrogen) atoms. The van der Waals surface area contributed by atoms with Crippen molar-refractivity contribution < 1.29 is 14.3 Å². The Labute approximate surface area is 116 Å². The molecular weight excluding hydrogens is 296 g/mol. The molecule has 0 saturated carbocycles. The predicted molar refractivity (Wildman–Crippen MR) is 74.9 cm³/mol. The first-order valence-corrected chi connectivity index (χ1v) is 6.97. The average Bonchev–Trinajstić information content (AvgIpc) is 2.34. The van der Waals surface area contributed by atoms with Crippen molar-refractivity contribution in [2.24, 2.45) is 5.92 Å². The molecule has 0 amide bonds. The average molecular weight is 313 g/mol. The fraction of sp³-hybridized carbons (Fsp3) is 0.429. The third-order valence-corrected chi connectivity index (χ3v) is 2.83. The van der Waals surface area contributed by atoms with Crippen molar-refractivity contribution in [3.63, 3.8) is 0 Å². The highest BCUT2D eigenvalue weighted by Crippen LogP contribution is 2.21. The van der Waals surface area contributed by atoms with Crippen LogP contribution in [0.4, 0.5) is 0 Å². The topological polar surface area (TPSA) is 43.4 Å². The standard InChI is InChI=1S/C14H17BrO3/c1-9(2)14(17)13-8-11(18-7-6-15)4-5-12(13)10(3)16/h4-5,8-9H,6-7H2,1-3H3. The first kappa shape index (κ1) is 14.9. The number of rotatable bonds is 6. The molecule has 1 rings (SSSR count). The van der Waals surface area contributed by atoms with Gasteiger partial charge in [0, 0.05) is 22.4 Å². The van der Waals surface area contributed by atoms with E-state index in [1.807, 2.05) is 13.8 Å². The van der Waals surface area contributed by atoms with Gasteiger partial charge >= 0.3 is 0 Å². The molecule has 0 fully saturated rings. The van der Waals surface area contributed by atoms with Crippen LogP contribution in [-0.4, -0.2) is 23.5 Å². The van der Waals surface area contributed by atoms with Gasteiger partial charge in [-0.15, -0.1) is 0 Å². The summed E-state index contributed by atoms with van der Waals surface area (Å²) in [6, 6.07) is 5.03. The summed E-state index contributed by atoms with van der Waals surface area (Å²) in [5.41, 5.74) is 0.907. The number of Topliss-reactive ketones (excluding diaryl/α,β-unsaturated/α-hetero) is 2. The number of halogens is 1. The third-order valence-electron chi connectivity index (χ3n) is 2.51. The van der Waals surface area contributed by atoms with E-state index < -0.39 is 0 Å². The summed E-state index contributed by atoms with van der Waals surface area (Å²) in [6.45, 7) is 5.62. The zero-order valence-corrected chi connectivity index (χ0v) is 12.4. The lowest BCUT2D eigenvalue weighted by Gasteiger charge is -2.11. The Bertz CT molecular complexity index is 452. The van der Waals surface area contributed by atoms with Gasteiger partial charge in [0.1, 0.15) is 5.75 Å². The number of carbonyl (C=O) groups excluding carboxylic acids is 2. The second-order valence-corrected chi connectivity index (χ2v) is 5.11. The smallest absolute Gasteiger partial charge is 0.166 e. The Balaban J connectivity index is 3.15. The van der Waals surface area contributed by atoms with Crippen LogP contribution in [0.1, 0.15) is 41.5 Å². The highest BCUT2D eigenvalue weighted by Gasteiger charge is 2.18. The van der Waals surface area contributed by atoms with Crippen LogP contribution in [-0.2, 0) is 0 Å². The van der Waals surface area contributed by atoms with Crippen LogP contribution in [0.3, 0.4) is 0 Å². The molecule has 1 aromatic carbocycles. The van der Waals surface area contributed by atoms with E-state index >= 15 is 0 Å². The molecule has 0 heterocycles. The molecule has 1 aromatic rings. The van der Waals surface area contributed by atoms with Gasteiger partial charge in [0.05, 0.1) is 6.61 Å². The maximum absolute atomic E-state index is 12.1. The van der Waals surface area contributed by atoms with Crippen LogP contribution in [0.25, 0.3) is 0 Å². The molecule has 0 atom stereocenters. The molecule has 0 N–H and O–H groups in total. The number of ketones is 2. The van der Waals surface area contributed by atoms with E-state index in [1.54, 1.807) is 18.2 Å². The minimum absolute atomic E-state index is 0.0375. The Morgan fingerprint density at radius 3 is 2.44 bits per heavy atom. The second-order valence-electron chi connectivity index (χ2n) is 4.32. The lowest BCUT2D eigenvalue weighted by atomic mass is 9.94. The summed E-state index contributed by atoms with van der Waals surface area (Å²) in [5, 5.41) is 0.717. The summed E-state index contributed by atoms with van der Waals surface area (Å²) in [6.07, 6.45) is 0. The van der Waals surface area contributed by atoms with E-state index in [0.29, 0.717) is 23.5 Å². The number of benzene rings is 1. The molecular formula is C14H17BrO3. The van der Waals surface area contributed by atoms with Crippen molar-refractivity contribution in [2.45, 2.75) is 20.8 Å². The van der Waals surface area contributed by atoms with Gasteiger partial charge in [0.2, 0.25) is 0 Å². The highest BCUT2D eigenvalue weighted by molar-refractivity contribution is 9.09. The molecule has 0 bridgehead atoms. The quantitative estimate of drug-likeness (QED) is 0.596. The Morgan fingerprint density at radius 2 is 1.94 bits per heavy atom. The van der Waals surface area contributed by atoms with Gasteiger partial charge in [-0.1, -0.05) is 29.8 Å². The van der Waals surface area contributed by atoms with Gasteiger partial charge in [0.15, 0.2) is 11.6 Å². The maximum atomic E-state index is 12.1. The van der Waals surface area contributed by atoms with Crippen LogP contribution in [0.5, 0.6) is 5.75 Å². The van der Waals surface area contributed by atoms with Gasteiger partial charge in [-0.25, -0.2) is 0 Å². The number of carbonyl (C=O) groups is 2. The largest absolute Gasteiger partial charge is 0.493 e. The van der Waals surface area contributed by atoms with E-state index in [9.17, 15) is 9.59 Å². The van der Waals surface area contributed by atoms with Crippen LogP contribution >= 0.6 is 15.9 Å². The van der Waals surface area contributed by atoms with Crippen LogP contribution in [0.15, 0.2) is 18.2 Å². The zero-order chi connectivity index (χ0) is 13.7. The second kappa shape index (κ2) is 6.69. The highest BCUT2D eigenvalue weighted by atomic mass is 79.9. The minimum atomic E-state index is -0.144. The molecule has 0 saturated heterocycles. The molecule has 0 radical (unpaired) electrons. The SMILES string of the molecule is CC(=O)c1ccc(OCCBr)cc1C(=O)C(C)C. The number of hydrogen-bond donors (Lipinski definition) is 0. The summed E-state index contributed by atoms with van der Waals surface area (Å²) in [5.74, 6) is 0.327. The normalized spacial score (nSPS) is 10.5. The Hall–Kier alpha value is -1.16. The summed E-state index contributed by atoms with van der Waals surface area (Å²) < 4.78 is 5.45. The maximum Gasteiger partial charge on any atom is 0.166 e. The van der Waals surface area contributed by atoms with Gasteiger partial charge in [-0.05, 0) is 25.1 Å². The molecule has 0 unspecified atom stereocenters. The predicted octanol–water partition coefficient (Wildman–Crippen LogP) is 3.50. The lowest BCUT2D eigenvalue weighted by Crippen LogP contribution is -2.13. The molecule has 4 heteroatoms. The summed E-state index contributed by atoms with van der Waals surface area (Å²) in [7, 11) is 0. The molecule has 0 spiro atoms. The minimum Gasteiger partial charge on any atom is -0.493 e. The molecule has 0 aliphatic rings. The van der Waals surface area contributed by atoms with Crippen molar-refractivity contribution >= 4 is 27.5 Å².